The molecule has 0 fully saturated rings. The Labute approximate surface area is 129 Å². The van der Waals surface area contributed by atoms with Gasteiger partial charge in [-0.05, 0) is 47.0 Å². The fourth-order valence-corrected chi connectivity index (χ4v) is 2.71. The van der Waals surface area contributed by atoms with Crippen molar-refractivity contribution in [2.24, 2.45) is 11.8 Å². The fraction of sp³-hybridized carbons (Fsp3) is 0.600. The summed E-state index contributed by atoms with van der Waals surface area (Å²) >= 11 is 3.53. The molecule has 0 saturated heterocycles. The molecule has 4 nitrogen and oxygen atoms in total. The van der Waals surface area contributed by atoms with E-state index in [4.69, 9.17) is 4.74 Å². The van der Waals surface area contributed by atoms with Gasteiger partial charge in [0.1, 0.15) is 16.6 Å². The molecule has 1 aromatic rings. The second-order valence-corrected chi connectivity index (χ2v) is 6.05. The van der Waals surface area contributed by atoms with E-state index in [9.17, 15) is 0 Å². The van der Waals surface area contributed by atoms with Crippen molar-refractivity contribution < 1.29 is 4.74 Å². The van der Waals surface area contributed by atoms with Crippen LogP contribution in [0.2, 0.25) is 0 Å². The summed E-state index contributed by atoms with van der Waals surface area (Å²) in [6, 6.07) is 0. The lowest BCUT2D eigenvalue weighted by Gasteiger charge is -2.25. The number of rotatable bonds is 6. The number of aromatic nitrogens is 2. The Hall–Kier alpha value is -1.10. The van der Waals surface area contributed by atoms with E-state index in [1.54, 1.807) is 6.33 Å². The molecular weight excluding hydrogens is 318 g/mol. The van der Waals surface area contributed by atoms with Crippen molar-refractivity contribution in [3.05, 3.63) is 23.0 Å². The number of allylic oxidation sites excluding steroid dienone is 2. The van der Waals surface area contributed by atoms with Crippen LogP contribution in [-0.4, -0.2) is 23.1 Å². The largest absolute Gasteiger partial charge is 0.476 e. The van der Waals surface area contributed by atoms with Gasteiger partial charge in [-0.2, -0.15) is 0 Å². The summed E-state index contributed by atoms with van der Waals surface area (Å²) in [5, 5.41) is 3.26. The van der Waals surface area contributed by atoms with Crippen LogP contribution in [0.1, 0.15) is 33.1 Å². The first kappa shape index (κ1) is 15.3. The second-order valence-electron chi connectivity index (χ2n) is 5.26. The van der Waals surface area contributed by atoms with Crippen molar-refractivity contribution >= 4 is 21.7 Å². The van der Waals surface area contributed by atoms with Crippen LogP contribution in [0.4, 0.5) is 5.82 Å². The predicted molar refractivity (Wildman–Crippen MR) is 85.0 cm³/mol. The molecule has 0 spiro atoms. The van der Waals surface area contributed by atoms with E-state index in [1.165, 1.54) is 0 Å². The lowest BCUT2D eigenvalue weighted by Crippen LogP contribution is -2.21. The number of hydrogen-bond donors (Lipinski definition) is 1. The summed E-state index contributed by atoms with van der Waals surface area (Å²) in [7, 11) is 0. The molecule has 0 aliphatic heterocycles. The first-order valence-electron chi connectivity index (χ1n) is 7.24. The van der Waals surface area contributed by atoms with E-state index < -0.39 is 0 Å². The molecule has 1 aliphatic rings. The molecule has 110 valence electrons. The van der Waals surface area contributed by atoms with E-state index in [0.29, 0.717) is 24.3 Å². The summed E-state index contributed by atoms with van der Waals surface area (Å²) < 4.78 is 6.71. The van der Waals surface area contributed by atoms with Gasteiger partial charge in [-0.1, -0.05) is 26.0 Å². The normalized spacial score (nSPS) is 21.8. The molecular formula is C15H22BrN3O. The van der Waals surface area contributed by atoms with Crippen LogP contribution in [0.5, 0.6) is 5.88 Å². The van der Waals surface area contributed by atoms with E-state index in [1.807, 2.05) is 0 Å². The summed E-state index contributed by atoms with van der Waals surface area (Å²) in [4.78, 5) is 8.44. The zero-order valence-corrected chi connectivity index (χ0v) is 13.7. The maximum absolute atomic E-state index is 5.90. The molecule has 2 rings (SSSR count). The third-order valence-electron chi connectivity index (χ3n) is 3.65. The Morgan fingerprint density at radius 3 is 2.90 bits per heavy atom. The van der Waals surface area contributed by atoms with Crippen LogP contribution >= 0.6 is 15.9 Å². The quantitative estimate of drug-likeness (QED) is 0.794. The van der Waals surface area contributed by atoms with E-state index in [2.05, 4.69) is 57.2 Å². The highest BCUT2D eigenvalue weighted by molar-refractivity contribution is 9.10. The lowest BCUT2D eigenvalue weighted by atomic mass is 9.85. The Kier molecular flexibility index (Phi) is 5.83. The Bertz CT molecular complexity index is 464. The molecule has 0 aromatic carbocycles. The van der Waals surface area contributed by atoms with Crippen molar-refractivity contribution in [1.82, 2.24) is 9.97 Å². The Morgan fingerprint density at radius 1 is 1.35 bits per heavy atom. The molecule has 2 atom stereocenters. The van der Waals surface area contributed by atoms with Crippen molar-refractivity contribution in [2.75, 3.05) is 18.5 Å². The molecule has 1 aliphatic carbocycles. The van der Waals surface area contributed by atoms with Gasteiger partial charge in [0, 0.05) is 6.54 Å². The van der Waals surface area contributed by atoms with Gasteiger partial charge in [0.05, 0.1) is 6.61 Å². The fourth-order valence-electron chi connectivity index (χ4n) is 2.25. The predicted octanol–water partition coefficient (Wildman–Crippen LogP) is 4.04. The SMILES string of the molecule is CCCNc1ncnc(OCC2CC=CCC2C)c1Br. The van der Waals surface area contributed by atoms with Crippen molar-refractivity contribution in [1.29, 1.82) is 0 Å². The van der Waals surface area contributed by atoms with E-state index >= 15 is 0 Å². The van der Waals surface area contributed by atoms with Crippen LogP contribution in [0.25, 0.3) is 0 Å². The number of nitrogens with one attached hydrogen (secondary N) is 1. The zero-order chi connectivity index (χ0) is 14.4. The average molecular weight is 340 g/mol. The molecule has 2 unspecified atom stereocenters. The first-order valence-corrected chi connectivity index (χ1v) is 8.03. The maximum atomic E-state index is 5.90. The third-order valence-corrected chi connectivity index (χ3v) is 4.37. The molecule has 1 heterocycles. The van der Waals surface area contributed by atoms with Crippen molar-refractivity contribution in [3.8, 4) is 5.88 Å². The lowest BCUT2D eigenvalue weighted by molar-refractivity contribution is 0.191. The highest BCUT2D eigenvalue weighted by atomic mass is 79.9. The van der Waals surface area contributed by atoms with Gasteiger partial charge in [0.15, 0.2) is 0 Å². The summed E-state index contributed by atoms with van der Waals surface area (Å²) in [6.45, 7) is 5.99. The van der Waals surface area contributed by atoms with Gasteiger partial charge in [0.2, 0.25) is 5.88 Å². The average Bonchev–Trinajstić information content (AvgIpc) is 2.46. The molecule has 0 bridgehead atoms. The number of hydrogen-bond acceptors (Lipinski definition) is 4. The topological polar surface area (TPSA) is 47.0 Å². The van der Waals surface area contributed by atoms with Crippen LogP contribution in [-0.2, 0) is 0 Å². The minimum absolute atomic E-state index is 0.564. The Morgan fingerprint density at radius 2 is 2.15 bits per heavy atom. The third kappa shape index (κ3) is 3.95. The van der Waals surface area contributed by atoms with E-state index in [0.717, 1.165) is 36.1 Å². The van der Waals surface area contributed by atoms with Gasteiger partial charge in [-0.3, -0.25) is 0 Å². The smallest absolute Gasteiger partial charge is 0.233 e. The molecule has 1 aromatic heterocycles. The van der Waals surface area contributed by atoms with Crippen molar-refractivity contribution in [2.45, 2.75) is 33.1 Å². The zero-order valence-electron chi connectivity index (χ0n) is 12.1. The summed E-state index contributed by atoms with van der Waals surface area (Å²) in [5.41, 5.74) is 0. The van der Waals surface area contributed by atoms with Gasteiger partial charge in [-0.15, -0.1) is 0 Å². The van der Waals surface area contributed by atoms with Crippen LogP contribution in [0, 0.1) is 11.8 Å². The van der Waals surface area contributed by atoms with Crippen LogP contribution < -0.4 is 10.1 Å². The molecule has 1 N–H and O–H groups in total. The highest BCUT2D eigenvalue weighted by Gasteiger charge is 2.20. The monoisotopic (exact) mass is 339 g/mol. The molecule has 0 radical (unpaired) electrons. The Balaban J connectivity index is 1.97. The molecule has 20 heavy (non-hydrogen) atoms. The standard InChI is InChI=1S/C15H22BrN3O/c1-3-8-17-14-13(16)15(19-10-18-14)20-9-12-7-5-4-6-11(12)2/h4-5,10-12H,3,6-9H2,1-2H3,(H,17,18,19). The van der Waals surface area contributed by atoms with E-state index in [-0.39, 0.29) is 0 Å². The molecule has 0 saturated carbocycles. The summed E-state index contributed by atoms with van der Waals surface area (Å²) in [6.07, 6.45) is 9.33. The van der Waals surface area contributed by atoms with Gasteiger partial charge in [-0.25, -0.2) is 9.97 Å². The van der Waals surface area contributed by atoms with Crippen LogP contribution in [0.15, 0.2) is 23.0 Å². The van der Waals surface area contributed by atoms with Gasteiger partial charge in [0.25, 0.3) is 0 Å². The maximum Gasteiger partial charge on any atom is 0.233 e. The number of ether oxygens (including phenoxy) is 1. The second kappa shape index (κ2) is 7.62. The molecule has 5 heteroatoms. The highest BCUT2D eigenvalue weighted by Crippen LogP contribution is 2.30. The number of anilines is 1. The number of nitrogens with zero attached hydrogens (tertiary/aromatic N) is 2. The minimum Gasteiger partial charge on any atom is -0.476 e. The van der Waals surface area contributed by atoms with Crippen LogP contribution in [0.3, 0.4) is 0 Å². The van der Waals surface area contributed by atoms with Gasteiger partial charge >= 0.3 is 0 Å². The first-order chi connectivity index (χ1) is 9.72. The number of halogens is 1. The van der Waals surface area contributed by atoms with Crippen molar-refractivity contribution in [3.63, 3.8) is 0 Å². The minimum atomic E-state index is 0.564. The summed E-state index contributed by atoms with van der Waals surface area (Å²) in [5.74, 6) is 2.65. The van der Waals surface area contributed by atoms with Gasteiger partial charge < -0.3 is 10.1 Å². The molecule has 0 amide bonds.